The second kappa shape index (κ2) is 11.1. The average molecular weight is 666 g/mol. The molecule has 0 amide bonds. The molecular weight excluding hydrogens is 635 g/mol. The molecule has 1 aliphatic carbocycles. The number of benzene rings is 8. The van der Waals surface area contributed by atoms with Gasteiger partial charge in [-0.2, -0.15) is 0 Å². The summed E-state index contributed by atoms with van der Waals surface area (Å²) in [5, 5.41) is 4.38. The molecule has 0 bridgehead atoms. The topological polar surface area (TPSA) is 29.5 Å². The van der Waals surface area contributed by atoms with Crippen molar-refractivity contribution in [2.45, 2.75) is 5.41 Å². The van der Waals surface area contributed by atoms with Gasteiger partial charge in [-0.25, -0.2) is 0 Å². The van der Waals surface area contributed by atoms with Crippen LogP contribution in [0.5, 0.6) is 0 Å². The number of furan rings is 2. The maximum absolute atomic E-state index is 7.03. The summed E-state index contributed by atoms with van der Waals surface area (Å²) in [6, 6.07) is 67.1. The Hall–Kier alpha value is -6.84. The van der Waals surface area contributed by atoms with Gasteiger partial charge in [-0.15, -0.1) is 0 Å². The molecule has 0 radical (unpaired) electrons. The maximum atomic E-state index is 7.03. The van der Waals surface area contributed by atoms with E-state index >= 15 is 0 Å². The predicted octanol–water partition coefficient (Wildman–Crippen LogP) is 13.3. The standard InChI is InChI=1S/C49H31NO2/c1-3-14-32(15-4-1)49(42-22-10-7-18-36(42)37-19-8-11-23-43(37)49)33-26-28-40-41-21-13-24-44(48(41)52-46(40)30-33)50(34-16-5-2-6-17-34)35-27-29-39-38-20-9-12-25-45(38)51-47(39)31-35/h1-31H. The monoisotopic (exact) mass is 665 g/mol. The van der Waals surface area contributed by atoms with E-state index in [1.807, 2.05) is 12.1 Å². The third-order valence-electron chi connectivity index (χ3n) is 10.9. The Labute approximate surface area is 300 Å². The van der Waals surface area contributed by atoms with Gasteiger partial charge < -0.3 is 13.7 Å². The van der Waals surface area contributed by atoms with Gasteiger partial charge >= 0.3 is 0 Å². The molecule has 0 saturated heterocycles. The molecule has 244 valence electrons. The van der Waals surface area contributed by atoms with Crippen molar-refractivity contribution in [3.63, 3.8) is 0 Å². The fourth-order valence-electron chi connectivity index (χ4n) is 8.76. The Morgan fingerprint density at radius 1 is 0.365 bits per heavy atom. The molecule has 52 heavy (non-hydrogen) atoms. The van der Waals surface area contributed by atoms with Gasteiger partial charge in [0.05, 0.1) is 16.8 Å². The summed E-state index contributed by atoms with van der Waals surface area (Å²) in [7, 11) is 0. The molecule has 0 aliphatic heterocycles. The van der Waals surface area contributed by atoms with Crippen LogP contribution in [0, 0.1) is 0 Å². The van der Waals surface area contributed by atoms with Crippen LogP contribution in [0.1, 0.15) is 22.3 Å². The highest BCUT2D eigenvalue weighted by molar-refractivity contribution is 6.11. The Morgan fingerprint density at radius 2 is 0.962 bits per heavy atom. The largest absolute Gasteiger partial charge is 0.456 e. The lowest BCUT2D eigenvalue weighted by Crippen LogP contribution is -2.28. The molecule has 2 heterocycles. The summed E-state index contributed by atoms with van der Waals surface area (Å²) in [5.41, 5.74) is 13.5. The summed E-state index contributed by atoms with van der Waals surface area (Å²) in [6.07, 6.45) is 0. The summed E-state index contributed by atoms with van der Waals surface area (Å²) in [5.74, 6) is 0. The quantitative estimate of drug-likeness (QED) is 0.183. The molecular formula is C49H31NO2. The number of para-hydroxylation sites is 3. The normalized spacial score (nSPS) is 13.2. The minimum atomic E-state index is -0.498. The molecule has 0 spiro atoms. The van der Waals surface area contributed by atoms with Crippen LogP contribution >= 0.6 is 0 Å². The van der Waals surface area contributed by atoms with Crippen LogP contribution < -0.4 is 4.90 Å². The second-order valence-corrected chi connectivity index (χ2v) is 13.6. The summed E-state index contributed by atoms with van der Waals surface area (Å²) in [4.78, 5) is 2.27. The highest BCUT2D eigenvalue weighted by Crippen LogP contribution is 2.56. The smallest absolute Gasteiger partial charge is 0.159 e. The van der Waals surface area contributed by atoms with Crippen molar-refractivity contribution >= 4 is 60.9 Å². The van der Waals surface area contributed by atoms with Crippen LogP contribution in [-0.4, -0.2) is 0 Å². The van der Waals surface area contributed by atoms with E-state index < -0.39 is 5.41 Å². The van der Waals surface area contributed by atoms with Gasteiger partial charge in [-0.3, -0.25) is 0 Å². The van der Waals surface area contributed by atoms with Crippen LogP contribution in [-0.2, 0) is 5.41 Å². The number of hydrogen-bond donors (Lipinski definition) is 0. The van der Waals surface area contributed by atoms with E-state index in [1.165, 1.54) is 33.4 Å². The third kappa shape index (κ3) is 4.02. The van der Waals surface area contributed by atoms with Crippen molar-refractivity contribution in [2.75, 3.05) is 4.90 Å². The first-order chi connectivity index (χ1) is 25.8. The zero-order valence-corrected chi connectivity index (χ0v) is 28.2. The predicted molar refractivity (Wildman–Crippen MR) is 213 cm³/mol. The van der Waals surface area contributed by atoms with Crippen LogP contribution in [0.15, 0.2) is 197 Å². The highest BCUT2D eigenvalue weighted by Gasteiger charge is 2.46. The zero-order valence-electron chi connectivity index (χ0n) is 28.2. The van der Waals surface area contributed by atoms with Gasteiger partial charge in [0.1, 0.15) is 16.7 Å². The molecule has 0 saturated carbocycles. The van der Waals surface area contributed by atoms with E-state index in [4.69, 9.17) is 8.83 Å². The van der Waals surface area contributed by atoms with E-state index in [1.54, 1.807) is 0 Å². The molecule has 1 aliphatic rings. The zero-order chi connectivity index (χ0) is 34.2. The Balaban J connectivity index is 1.14. The molecule has 0 atom stereocenters. The Kier molecular flexibility index (Phi) is 6.17. The van der Waals surface area contributed by atoms with Crippen molar-refractivity contribution < 1.29 is 8.83 Å². The first kappa shape index (κ1) is 28.9. The van der Waals surface area contributed by atoms with Gasteiger partial charge in [0.2, 0.25) is 0 Å². The Bertz CT molecular complexity index is 2930. The molecule has 10 aromatic rings. The molecule has 11 rings (SSSR count). The number of nitrogens with zero attached hydrogens (tertiary/aromatic N) is 1. The number of anilines is 3. The molecule has 2 aromatic heterocycles. The van der Waals surface area contributed by atoms with Gasteiger partial charge in [0, 0.05) is 33.3 Å². The molecule has 3 nitrogen and oxygen atoms in total. The van der Waals surface area contributed by atoms with Crippen molar-refractivity contribution in [3.8, 4) is 11.1 Å². The van der Waals surface area contributed by atoms with Crippen LogP contribution in [0.3, 0.4) is 0 Å². The van der Waals surface area contributed by atoms with E-state index in [-0.39, 0.29) is 0 Å². The van der Waals surface area contributed by atoms with Gasteiger partial charge in [0.15, 0.2) is 5.58 Å². The molecule has 8 aromatic carbocycles. The summed E-state index contributed by atoms with van der Waals surface area (Å²) in [6.45, 7) is 0. The highest BCUT2D eigenvalue weighted by atomic mass is 16.3. The molecule has 3 heteroatoms. The summed E-state index contributed by atoms with van der Waals surface area (Å²) < 4.78 is 13.4. The fraction of sp³-hybridized carbons (Fsp3) is 0.0204. The van der Waals surface area contributed by atoms with E-state index in [2.05, 4.69) is 181 Å². The lowest BCUT2D eigenvalue weighted by Gasteiger charge is -2.33. The first-order valence-corrected chi connectivity index (χ1v) is 17.8. The molecule has 0 unspecified atom stereocenters. The first-order valence-electron chi connectivity index (χ1n) is 17.8. The molecule has 0 fully saturated rings. The van der Waals surface area contributed by atoms with Crippen molar-refractivity contribution in [1.82, 2.24) is 0 Å². The lowest BCUT2D eigenvalue weighted by molar-refractivity contribution is 0.665. The maximum Gasteiger partial charge on any atom is 0.159 e. The minimum Gasteiger partial charge on any atom is -0.456 e. The SMILES string of the molecule is c1ccc(N(c2ccc3c(c2)oc2ccccc23)c2cccc3c2oc2cc(C4(c5ccccc5)c5ccccc5-c5ccccc54)ccc23)cc1. The van der Waals surface area contributed by atoms with E-state index in [0.29, 0.717) is 0 Å². The second-order valence-electron chi connectivity index (χ2n) is 13.6. The molecule has 0 N–H and O–H groups in total. The van der Waals surface area contributed by atoms with E-state index in [0.717, 1.165) is 60.9 Å². The number of fused-ring (bicyclic) bond motifs is 9. The van der Waals surface area contributed by atoms with Gasteiger partial charge in [-0.1, -0.05) is 140 Å². The minimum absolute atomic E-state index is 0.498. The van der Waals surface area contributed by atoms with Gasteiger partial charge in [-0.05, 0) is 75.8 Å². The van der Waals surface area contributed by atoms with Gasteiger partial charge in [0.25, 0.3) is 0 Å². The van der Waals surface area contributed by atoms with Crippen molar-refractivity contribution in [2.24, 2.45) is 0 Å². The average Bonchev–Trinajstić information content (AvgIpc) is 3.87. The lowest BCUT2D eigenvalue weighted by atomic mass is 9.67. The Morgan fingerprint density at radius 3 is 1.75 bits per heavy atom. The van der Waals surface area contributed by atoms with E-state index in [9.17, 15) is 0 Å². The number of rotatable bonds is 5. The number of hydrogen-bond acceptors (Lipinski definition) is 3. The third-order valence-corrected chi connectivity index (χ3v) is 10.9. The summed E-state index contributed by atoms with van der Waals surface area (Å²) >= 11 is 0. The van der Waals surface area contributed by atoms with Crippen molar-refractivity contribution in [3.05, 3.63) is 210 Å². The van der Waals surface area contributed by atoms with Crippen LogP contribution in [0.25, 0.3) is 55.0 Å². The van der Waals surface area contributed by atoms with Crippen LogP contribution in [0.4, 0.5) is 17.1 Å². The fourth-order valence-corrected chi connectivity index (χ4v) is 8.76. The van der Waals surface area contributed by atoms with Crippen LogP contribution in [0.2, 0.25) is 0 Å². The van der Waals surface area contributed by atoms with Crippen molar-refractivity contribution in [1.29, 1.82) is 0 Å².